The van der Waals surface area contributed by atoms with Crippen molar-refractivity contribution in [2.24, 2.45) is 0 Å². The molecule has 0 amide bonds. The third kappa shape index (κ3) is 1.94. The summed E-state index contributed by atoms with van der Waals surface area (Å²) in [7, 11) is -0.657. The Balaban J connectivity index is 3.01. The average Bonchev–Trinajstić information content (AvgIpc) is 2.05. The van der Waals surface area contributed by atoms with Gasteiger partial charge in [-0.3, -0.25) is 0 Å². The second-order valence-electron chi connectivity index (χ2n) is 2.05. The highest BCUT2D eigenvalue weighted by Crippen LogP contribution is 2.08. The van der Waals surface area contributed by atoms with Crippen LogP contribution in [0.5, 0.6) is 0 Å². The van der Waals surface area contributed by atoms with Gasteiger partial charge in [0, 0.05) is 12.7 Å². The van der Waals surface area contributed by atoms with E-state index in [0.717, 1.165) is 5.69 Å². The fraction of sp³-hybridized carbons (Fsp3) is 0.143. The number of hydrogen-bond donors (Lipinski definition) is 2. The molecule has 11 heavy (non-hydrogen) atoms. The Hall–Kier alpha value is -1.03. The summed E-state index contributed by atoms with van der Waals surface area (Å²) < 4.78 is 20.8. The summed E-state index contributed by atoms with van der Waals surface area (Å²) in [5.74, 6) is 0. The molecule has 0 aliphatic heterocycles. The van der Waals surface area contributed by atoms with Crippen LogP contribution in [0.15, 0.2) is 29.2 Å². The van der Waals surface area contributed by atoms with Gasteiger partial charge in [0.2, 0.25) is 0 Å². The lowest BCUT2D eigenvalue weighted by molar-refractivity contribution is 0.614. The van der Waals surface area contributed by atoms with Crippen LogP contribution in [0.25, 0.3) is 0 Å². The Morgan fingerprint density at radius 3 is 2.09 bits per heavy atom. The van der Waals surface area contributed by atoms with Crippen molar-refractivity contribution >= 4 is 16.4 Å². The minimum atomic E-state index is -2.44. The number of benzene rings is 1. The van der Waals surface area contributed by atoms with Crippen molar-refractivity contribution in [2.45, 2.75) is 4.90 Å². The van der Waals surface area contributed by atoms with Gasteiger partial charge in [-0.25, -0.2) is 8.42 Å². The molecule has 0 aliphatic carbocycles. The molecule has 0 radical (unpaired) electrons. The van der Waals surface area contributed by atoms with E-state index in [1.165, 1.54) is 0 Å². The van der Waals surface area contributed by atoms with E-state index in [9.17, 15) is 8.42 Å². The lowest BCUT2D eigenvalue weighted by Crippen LogP contribution is -1.87. The number of anilines is 1. The number of nitrogens with one attached hydrogen (secondary N) is 1. The summed E-state index contributed by atoms with van der Waals surface area (Å²) in [4.78, 5) is 0.346. The Morgan fingerprint density at radius 2 is 1.73 bits per heavy atom. The first-order chi connectivity index (χ1) is 5.24. The fourth-order valence-corrected chi connectivity index (χ4v) is 1.14. The molecule has 0 saturated heterocycles. The predicted octanol–water partition coefficient (Wildman–Crippen LogP) is 0.699. The molecule has 1 rings (SSSR count). The van der Waals surface area contributed by atoms with Gasteiger partial charge >= 0.3 is 0 Å². The van der Waals surface area contributed by atoms with Crippen LogP contribution in [0.2, 0.25) is 0 Å². The standard InChI is InChI=1S/C7H9NO2S/c1-8-6-2-4-7(5-3-6)11(9)10/h2-5,8,11H,1H3. The van der Waals surface area contributed by atoms with E-state index in [1.54, 1.807) is 31.3 Å². The molecule has 1 N–H and O–H groups in total. The van der Waals surface area contributed by atoms with E-state index in [2.05, 4.69) is 5.32 Å². The maximum Gasteiger partial charge on any atom is 0.168 e. The average molecular weight is 171 g/mol. The minimum absolute atomic E-state index is 0.346. The quantitative estimate of drug-likeness (QED) is 0.644. The lowest BCUT2D eigenvalue weighted by atomic mass is 10.3. The zero-order valence-electron chi connectivity index (χ0n) is 6.07. The number of hydrogen-bond acceptors (Lipinski definition) is 3. The van der Waals surface area contributed by atoms with Crippen LogP contribution in [-0.4, -0.2) is 15.5 Å². The van der Waals surface area contributed by atoms with Crippen molar-refractivity contribution < 1.29 is 8.42 Å². The van der Waals surface area contributed by atoms with Gasteiger partial charge in [0.1, 0.15) is 0 Å². The van der Waals surface area contributed by atoms with Crippen LogP contribution in [-0.2, 0) is 10.7 Å². The lowest BCUT2D eigenvalue weighted by Gasteiger charge is -1.97. The summed E-state index contributed by atoms with van der Waals surface area (Å²) in [5.41, 5.74) is 0.908. The van der Waals surface area contributed by atoms with Crippen molar-refractivity contribution in [2.75, 3.05) is 12.4 Å². The highest BCUT2D eigenvalue weighted by molar-refractivity contribution is 7.72. The smallest absolute Gasteiger partial charge is 0.168 e. The summed E-state index contributed by atoms with van der Waals surface area (Å²) in [5, 5.41) is 2.90. The Kier molecular flexibility index (Phi) is 2.48. The topological polar surface area (TPSA) is 46.2 Å². The SMILES string of the molecule is CNc1ccc([SH](=O)=O)cc1. The highest BCUT2D eigenvalue weighted by atomic mass is 32.2. The molecule has 0 atom stereocenters. The molecule has 0 aromatic heterocycles. The minimum Gasteiger partial charge on any atom is -0.388 e. The van der Waals surface area contributed by atoms with E-state index in [0.29, 0.717) is 4.90 Å². The molecule has 0 fully saturated rings. The molecule has 3 nitrogen and oxygen atoms in total. The molecule has 60 valence electrons. The van der Waals surface area contributed by atoms with E-state index < -0.39 is 10.7 Å². The number of rotatable bonds is 2. The summed E-state index contributed by atoms with van der Waals surface area (Å²) in [6, 6.07) is 6.58. The molecule has 1 aromatic carbocycles. The van der Waals surface area contributed by atoms with Crippen molar-refractivity contribution in [1.82, 2.24) is 0 Å². The molecule has 0 heterocycles. The van der Waals surface area contributed by atoms with Crippen LogP contribution < -0.4 is 5.32 Å². The monoisotopic (exact) mass is 171 g/mol. The van der Waals surface area contributed by atoms with Crippen LogP contribution >= 0.6 is 0 Å². The third-order valence-electron chi connectivity index (χ3n) is 1.37. The first kappa shape index (κ1) is 8.07. The van der Waals surface area contributed by atoms with E-state index in [-0.39, 0.29) is 0 Å². The van der Waals surface area contributed by atoms with Gasteiger partial charge < -0.3 is 5.32 Å². The van der Waals surface area contributed by atoms with Crippen molar-refractivity contribution in [3.63, 3.8) is 0 Å². The molecule has 0 unspecified atom stereocenters. The first-order valence-electron chi connectivity index (χ1n) is 3.16. The van der Waals surface area contributed by atoms with Gasteiger partial charge in [0.15, 0.2) is 10.7 Å². The second-order valence-corrected chi connectivity index (χ2v) is 3.08. The Labute approximate surface area is 67.0 Å². The predicted molar refractivity (Wildman–Crippen MR) is 44.6 cm³/mol. The normalized spacial score (nSPS) is 10.0. The molecule has 1 aromatic rings. The molecule has 0 bridgehead atoms. The largest absolute Gasteiger partial charge is 0.388 e. The third-order valence-corrected chi connectivity index (χ3v) is 2.09. The molecule has 4 heteroatoms. The maximum atomic E-state index is 10.4. The van der Waals surface area contributed by atoms with Gasteiger partial charge in [0.25, 0.3) is 0 Å². The van der Waals surface area contributed by atoms with Crippen LogP contribution in [0.1, 0.15) is 0 Å². The van der Waals surface area contributed by atoms with E-state index >= 15 is 0 Å². The summed E-state index contributed by atoms with van der Waals surface area (Å²) in [6.07, 6.45) is 0. The van der Waals surface area contributed by atoms with Gasteiger partial charge in [-0.15, -0.1) is 0 Å². The fourth-order valence-electron chi connectivity index (χ4n) is 0.750. The Bertz CT molecular complexity index is 295. The maximum absolute atomic E-state index is 10.4. The van der Waals surface area contributed by atoms with Crippen LogP contribution in [0, 0.1) is 0 Å². The molecular formula is C7H9NO2S. The van der Waals surface area contributed by atoms with Crippen molar-refractivity contribution in [1.29, 1.82) is 0 Å². The Morgan fingerprint density at radius 1 is 1.18 bits per heavy atom. The zero-order chi connectivity index (χ0) is 8.27. The zero-order valence-corrected chi connectivity index (χ0v) is 6.97. The van der Waals surface area contributed by atoms with E-state index in [4.69, 9.17) is 0 Å². The molecule has 0 saturated carbocycles. The number of thiol groups is 1. The second kappa shape index (κ2) is 3.39. The van der Waals surface area contributed by atoms with Gasteiger partial charge in [0.05, 0.1) is 4.90 Å². The molecule has 0 spiro atoms. The summed E-state index contributed by atoms with van der Waals surface area (Å²) in [6.45, 7) is 0. The van der Waals surface area contributed by atoms with Gasteiger partial charge in [-0.2, -0.15) is 0 Å². The van der Waals surface area contributed by atoms with Crippen molar-refractivity contribution in [3.8, 4) is 0 Å². The van der Waals surface area contributed by atoms with Gasteiger partial charge in [-0.1, -0.05) is 0 Å². The highest BCUT2D eigenvalue weighted by Gasteiger charge is 1.92. The first-order valence-corrected chi connectivity index (χ1v) is 4.34. The van der Waals surface area contributed by atoms with Crippen molar-refractivity contribution in [3.05, 3.63) is 24.3 Å². The molecule has 0 aliphatic rings. The van der Waals surface area contributed by atoms with Crippen LogP contribution in [0.3, 0.4) is 0 Å². The summed E-state index contributed by atoms with van der Waals surface area (Å²) >= 11 is 0. The molecular weight excluding hydrogens is 162 g/mol. The van der Waals surface area contributed by atoms with Gasteiger partial charge in [-0.05, 0) is 24.3 Å². The van der Waals surface area contributed by atoms with Crippen LogP contribution in [0.4, 0.5) is 5.69 Å². The van der Waals surface area contributed by atoms with E-state index in [1.807, 2.05) is 0 Å².